The quantitative estimate of drug-likeness (QED) is 0.273. The molecule has 2 amide bonds. The van der Waals surface area contributed by atoms with Crippen LogP contribution in [0.3, 0.4) is 0 Å². The van der Waals surface area contributed by atoms with Crippen LogP contribution in [0, 0.1) is 5.82 Å². The Bertz CT molecular complexity index is 1520. The number of carbonyl (C=O) groups excluding carboxylic acids is 2. The van der Waals surface area contributed by atoms with Crippen LogP contribution in [0.2, 0.25) is 10.0 Å². The Morgan fingerprint density at radius 1 is 0.952 bits per heavy atom. The molecule has 0 saturated carbocycles. The molecule has 0 aliphatic rings. The highest BCUT2D eigenvalue weighted by Crippen LogP contribution is 2.32. The molecule has 0 bridgehead atoms. The maximum atomic E-state index is 14.0. The first kappa shape index (κ1) is 33.0. The van der Waals surface area contributed by atoms with Crippen LogP contribution in [0.15, 0.2) is 65.6 Å². The fraction of sp³-hybridized carbons (Fsp3) is 0.310. The number of nitrogens with zero attached hydrogens (tertiary/aromatic N) is 2. The Morgan fingerprint density at radius 2 is 1.62 bits per heavy atom. The summed E-state index contributed by atoms with van der Waals surface area (Å²) >= 11 is 12.2. The largest absolute Gasteiger partial charge is 0.493 e. The number of ether oxygens (including phenoxy) is 2. The van der Waals surface area contributed by atoms with Crippen LogP contribution < -0.4 is 19.1 Å². The minimum absolute atomic E-state index is 0.0390. The van der Waals surface area contributed by atoms with Gasteiger partial charge in [0.15, 0.2) is 11.5 Å². The highest BCUT2D eigenvalue weighted by Gasteiger charge is 2.33. The van der Waals surface area contributed by atoms with Gasteiger partial charge < -0.3 is 19.7 Å². The molecule has 0 heterocycles. The molecule has 3 rings (SSSR count). The fourth-order valence-electron chi connectivity index (χ4n) is 4.05. The number of nitrogens with one attached hydrogen (secondary N) is 1. The third kappa shape index (κ3) is 7.84. The summed E-state index contributed by atoms with van der Waals surface area (Å²) in [7, 11) is -1.63. The molecular weight excluding hydrogens is 608 g/mol. The van der Waals surface area contributed by atoms with Crippen LogP contribution in [0.4, 0.5) is 10.1 Å². The fourth-order valence-corrected chi connectivity index (χ4v) is 5.80. The summed E-state index contributed by atoms with van der Waals surface area (Å²) in [5, 5.41) is 3.34. The number of carbonyl (C=O) groups is 2. The molecule has 9 nitrogen and oxygen atoms in total. The summed E-state index contributed by atoms with van der Waals surface area (Å²) in [6.45, 7) is 3.07. The molecule has 0 aliphatic heterocycles. The number of halogens is 3. The van der Waals surface area contributed by atoms with Gasteiger partial charge in [-0.15, -0.1) is 0 Å². The topological polar surface area (TPSA) is 105 Å². The smallest absolute Gasteiger partial charge is 0.264 e. The SMILES string of the molecule is CCCNC(=O)[C@@H](C)N(Cc1ccc(Cl)c(Cl)c1)C(=O)CN(c1ccc(F)cc1)S(=O)(=O)c1ccc(OC)c(OC)c1. The number of rotatable bonds is 13. The van der Waals surface area contributed by atoms with E-state index in [1.807, 2.05) is 6.92 Å². The Balaban J connectivity index is 2.07. The first-order valence-electron chi connectivity index (χ1n) is 12.9. The number of benzene rings is 3. The average molecular weight is 641 g/mol. The Morgan fingerprint density at radius 3 is 2.21 bits per heavy atom. The van der Waals surface area contributed by atoms with Crippen molar-refractivity contribution in [1.29, 1.82) is 0 Å². The summed E-state index contributed by atoms with van der Waals surface area (Å²) < 4.78 is 53.1. The van der Waals surface area contributed by atoms with E-state index in [0.29, 0.717) is 29.3 Å². The van der Waals surface area contributed by atoms with E-state index in [9.17, 15) is 22.4 Å². The first-order valence-corrected chi connectivity index (χ1v) is 15.1. The minimum atomic E-state index is -4.41. The Kier molecular flexibility index (Phi) is 11.4. The zero-order valence-electron chi connectivity index (χ0n) is 23.6. The molecule has 13 heteroatoms. The third-order valence-electron chi connectivity index (χ3n) is 6.39. The van der Waals surface area contributed by atoms with E-state index in [1.54, 1.807) is 25.1 Å². The average Bonchev–Trinajstić information content (AvgIpc) is 2.98. The van der Waals surface area contributed by atoms with Crippen LogP contribution >= 0.6 is 23.2 Å². The monoisotopic (exact) mass is 639 g/mol. The summed E-state index contributed by atoms with van der Waals surface area (Å²) in [5.74, 6) is -1.22. The van der Waals surface area contributed by atoms with Gasteiger partial charge in [0.05, 0.1) is 34.8 Å². The van der Waals surface area contributed by atoms with E-state index in [-0.39, 0.29) is 27.9 Å². The van der Waals surface area contributed by atoms with Crippen molar-refractivity contribution in [3.63, 3.8) is 0 Å². The second-order valence-electron chi connectivity index (χ2n) is 9.24. The molecule has 3 aromatic carbocycles. The molecule has 1 atom stereocenters. The Labute approximate surface area is 255 Å². The van der Waals surface area contributed by atoms with Gasteiger partial charge in [-0.2, -0.15) is 0 Å². The van der Waals surface area contributed by atoms with E-state index in [0.717, 1.165) is 16.4 Å². The van der Waals surface area contributed by atoms with Crippen molar-refractivity contribution in [2.75, 3.05) is 31.6 Å². The zero-order valence-corrected chi connectivity index (χ0v) is 25.9. The summed E-state index contributed by atoms with van der Waals surface area (Å²) in [5.41, 5.74) is 0.612. The zero-order chi connectivity index (χ0) is 31.0. The van der Waals surface area contributed by atoms with Crippen molar-refractivity contribution in [3.05, 3.63) is 82.1 Å². The van der Waals surface area contributed by atoms with Gasteiger partial charge >= 0.3 is 0 Å². The molecule has 0 radical (unpaired) electrons. The van der Waals surface area contributed by atoms with Gasteiger partial charge in [0.25, 0.3) is 10.0 Å². The normalized spacial score (nSPS) is 11.9. The molecule has 0 aliphatic carbocycles. The number of hydrogen-bond donors (Lipinski definition) is 1. The predicted molar refractivity (Wildman–Crippen MR) is 160 cm³/mol. The highest BCUT2D eigenvalue weighted by atomic mass is 35.5. The number of sulfonamides is 1. The lowest BCUT2D eigenvalue weighted by atomic mass is 10.1. The Hall–Kier alpha value is -3.54. The molecule has 0 saturated heterocycles. The van der Waals surface area contributed by atoms with Crippen LogP contribution in [0.1, 0.15) is 25.8 Å². The van der Waals surface area contributed by atoms with Crippen molar-refractivity contribution in [1.82, 2.24) is 10.2 Å². The second-order valence-corrected chi connectivity index (χ2v) is 11.9. The molecule has 0 aromatic heterocycles. The second kappa shape index (κ2) is 14.6. The summed E-state index contributed by atoms with van der Waals surface area (Å²) in [4.78, 5) is 27.9. The lowest BCUT2D eigenvalue weighted by Gasteiger charge is -2.32. The van der Waals surface area contributed by atoms with Gasteiger partial charge in [-0.3, -0.25) is 13.9 Å². The van der Waals surface area contributed by atoms with Gasteiger partial charge in [-0.05, 0) is 67.4 Å². The molecule has 1 N–H and O–H groups in total. The maximum Gasteiger partial charge on any atom is 0.264 e. The molecular formula is C29H32Cl2FN3O6S. The lowest BCUT2D eigenvalue weighted by Crippen LogP contribution is -2.51. The van der Waals surface area contributed by atoms with Crippen molar-refractivity contribution in [2.45, 2.75) is 37.8 Å². The van der Waals surface area contributed by atoms with E-state index in [1.165, 1.54) is 49.5 Å². The molecule has 42 heavy (non-hydrogen) atoms. The van der Waals surface area contributed by atoms with Crippen molar-refractivity contribution < 1.29 is 31.9 Å². The molecule has 0 spiro atoms. The lowest BCUT2D eigenvalue weighted by molar-refractivity contribution is -0.139. The number of methoxy groups -OCH3 is 2. The summed E-state index contributed by atoms with van der Waals surface area (Å²) in [6, 6.07) is 12.5. The van der Waals surface area contributed by atoms with Gasteiger partial charge in [-0.25, -0.2) is 12.8 Å². The van der Waals surface area contributed by atoms with E-state index in [4.69, 9.17) is 32.7 Å². The van der Waals surface area contributed by atoms with Crippen molar-refractivity contribution >= 4 is 50.7 Å². The minimum Gasteiger partial charge on any atom is -0.493 e. The van der Waals surface area contributed by atoms with Crippen LogP contribution in [-0.2, 0) is 26.2 Å². The van der Waals surface area contributed by atoms with E-state index >= 15 is 0 Å². The highest BCUT2D eigenvalue weighted by molar-refractivity contribution is 7.92. The number of amides is 2. The van der Waals surface area contributed by atoms with E-state index < -0.39 is 40.2 Å². The summed E-state index contributed by atoms with van der Waals surface area (Å²) in [6.07, 6.45) is 0.682. The first-order chi connectivity index (χ1) is 19.9. The van der Waals surface area contributed by atoms with Crippen molar-refractivity contribution in [2.24, 2.45) is 0 Å². The van der Waals surface area contributed by atoms with Crippen LogP contribution in [0.5, 0.6) is 11.5 Å². The molecule has 0 unspecified atom stereocenters. The molecule has 226 valence electrons. The number of hydrogen-bond acceptors (Lipinski definition) is 6. The van der Waals surface area contributed by atoms with Gasteiger partial charge in [0.1, 0.15) is 18.4 Å². The predicted octanol–water partition coefficient (Wildman–Crippen LogP) is 5.29. The van der Waals surface area contributed by atoms with E-state index in [2.05, 4.69) is 5.32 Å². The third-order valence-corrected chi connectivity index (χ3v) is 8.90. The molecule has 3 aromatic rings. The van der Waals surface area contributed by atoms with Gasteiger partial charge in [0.2, 0.25) is 11.8 Å². The van der Waals surface area contributed by atoms with Crippen LogP contribution in [-0.4, -0.2) is 58.5 Å². The standard InChI is InChI=1S/C29H32Cl2FN3O6S/c1-5-14-33-29(37)19(2)34(17-20-6-12-24(30)25(31)15-20)28(36)18-35(22-9-7-21(32)8-10-22)42(38,39)23-11-13-26(40-3)27(16-23)41-4/h6-13,15-16,19H,5,14,17-18H2,1-4H3,(H,33,37)/t19-/m1/s1. The van der Waals surface area contributed by atoms with Gasteiger partial charge in [-0.1, -0.05) is 36.2 Å². The van der Waals surface area contributed by atoms with Crippen LogP contribution in [0.25, 0.3) is 0 Å². The number of anilines is 1. The van der Waals surface area contributed by atoms with Crippen molar-refractivity contribution in [3.8, 4) is 11.5 Å². The maximum absolute atomic E-state index is 14.0. The van der Waals surface area contributed by atoms with Gasteiger partial charge in [0, 0.05) is 19.2 Å². The molecule has 0 fully saturated rings.